The number of fused-ring (bicyclic) bond motifs is 1. The maximum Gasteiger partial charge on any atom is 0.315 e. The lowest BCUT2D eigenvalue weighted by atomic mass is 10.1. The van der Waals surface area contributed by atoms with Crippen LogP contribution in [0, 0.1) is 0 Å². The van der Waals surface area contributed by atoms with Crippen molar-refractivity contribution in [2.24, 2.45) is 0 Å². The van der Waals surface area contributed by atoms with Gasteiger partial charge in [0.05, 0.1) is 0 Å². The highest BCUT2D eigenvalue weighted by atomic mass is 32.1. The standard InChI is InChI=1S/C17H22N4OS/c1-13(21-7-4-16-15(12-21)5-8-23-16)9-19-17(22)20-11-14-3-2-6-18-10-14/h2-3,5-6,8,10,13H,4,7,9,11-12H2,1H3,(H2,19,20,22). The van der Waals surface area contributed by atoms with Crippen LogP contribution in [0.15, 0.2) is 36.0 Å². The minimum atomic E-state index is -0.131. The quantitative estimate of drug-likeness (QED) is 0.885. The average Bonchev–Trinajstić information content (AvgIpc) is 3.06. The van der Waals surface area contributed by atoms with Crippen molar-refractivity contribution in [2.75, 3.05) is 13.1 Å². The van der Waals surface area contributed by atoms with Crippen LogP contribution in [0.25, 0.3) is 0 Å². The molecule has 1 unspecified atom stereocenters. The van der Waals surface area contributed by atoms with Crippen LogP contribution in [0.1, 0.15) is 22.9 Å². The van der Waals surface area contributed by atoms with Crippen LogP contribution < -0.4 is 10.6 Å². The smallest absolute Gasteiger partial charge is 0.315 e. The minimum Gasteiger partial charge on any atom is -0.337 e. The molecule has 0 fully saturated rings. The molecule has 3 heterocycles. The number of nitrogens with zero attached hydrogens (tertiary/aromatic N) is 2. The van der Waals surface area contributed by atoms with Gasteiger partial charge in [0.2, 0.25) is 0 Å². The van der Waals surface area contributed by atoms with Gasteiger partial charge in [0.25, 0.3) is 0 Å². The predicted molar refractivity (Wildman–Crippen MR) is 92.4 cm³/mol. The molecule has 0 radical (unpaired) electrons. The molecule has 23 heavy (non-hydrogen) atoms. The molecule has 2 aromatic heterocycles. The van der Waals surface area contributed by atoms with Crippen molar-refractivity contribution >= 4 is 17.4 Å². The van der Waals surface area contributed by atoms with Crippen molar-refractivity contribution < 1.29 is 4.79 Å². The summed E-state index contributed by atoms with van der Waals surface area (Å²) in [6.07, 6.45) is 4.60. The maximum absolute atomic E-state index is 11.9. The number of pyridine rings is 1. The summed E-state index contributed by atoms with van der Waals surface area (Å²) in [6, 6.07) is 6.22. The zero-order valence-electron chi connectivity index (χ0n) is 13.3. The number of urea groups is 1. The van der Waals surface area contributed by atoms with Crippen LogP contribution >= 0.6 is 11.3 Å². The fourth-order valence-electron chi connectivity index (χ4n) is 2.76. The second-order valence-electron chi connectivity index (χ2n) is 5.86. The monoisotopic (exact) mass is 330 g/mol. The molecule has 1 aliphatic heterocycles. The first-order valence-electron chi connectivity index (χ1n) is 7.92. The van der Waals surface area contributed by atoms with Gasteiger partial charge >= 0.3 is 6.03 Å². The number of hydrogen-bond donors (Lipinski definition) is 2. The summed E-state index contributed by atoms with van der Waals surface area (Å²) in [4.78, 5) is 19.9. The molecule has 3 rings (SSSR count). The second-order valence-corrected chi connectivity index (χ2v) is 6.86. The third kappa shape index (κ3) is 4.30. The first-order chi connectivity index (χ1) is 11.2. The third-order valence-electron chi connectivity index (χ3n) is 4.19. The number of aromatic nitrogens is 1. The largest absolute Gasteiger partial charge is 0.337 e. The highest BCUT2D eigenvalue weighted by Gasteiger charge is 2.21. The van der Waals surface area contributed by atoms with E-state index in [0.29, 0.717) is 19.1 Å². The van der Waals surface area contributed by atoms with Gasteiger partial charge in [-0.3, -0.25) is 9.88 Å². The van der Waals surface area contributed by atoms with Gasteiger partial charge in [-0.05, 0) is 42.0 Å². The zero-order chi connectivity index (χ0) is 16.1. The van der Waals surface area contributed by atoms with Crippen LogP contribution in [0.5, 0.6) is 0 Å². The van der Waals surface area contributed by atoms with E-state index in [-0.39, 0.29) is 6.03 Å². The topological polar surface area (TPSA) is 57.3 Å². The average molecular weight is 330 g/mol. The first-order valence-corrected chi connectivity index (χ1v) is 8.80. The Morgan fingerprint density at radius 1 is 1.43 bits per heavy atom. The maximum atomic E-state index is 11.9. The van der Waals surface area contributed by atoms with Crippen LogP contribution in [0.4, 0.5) is 4.79 Å². The van der Waals surface area contributed by atoms with E-state index in [9.17, 15) is 4.79 Å². The van der Waals surface area contributed by atoms with Gasteiger partial charge in [-0.25, -0.2) is 4.79 Å². The van der Waals surface area contributed by atoms with E-state index in [2.05, 4.69) is 38.9 Å². The summed E-state index contributed by atoms with van der Waals surface area (Å²) >= 11 is 1.85. The molecule has 5 nitrogen and oxygen atoms in total. The first kappa shape index (κ1) is 16.0. The molecule has 0 aliphatic carbocycles. The SMILES string of the molecule is CC(CNC(=O)NCc1cccnc1)N1CCc2sccc2C1. The number of amides is 2. The molecule has 122 valence electrons. The normalized spacial score (nSPS) is 15.7. The number of hydrogen-bond acceptors (Lipinski definition) is 4. The molecule has 2 N–H and O–H groups in total. The van der Waals surface area contributed by atoms with E-state index in [1.807, 2.05) is 23.5 Å². The van der Waals surface area contributed by atoms with E-state index in [1.165, 1.54) is 10.4 Å². The van der Waals surface area contributed by atoms with Crippen molar-refractivity contribution in [2.45, 2.75) is 32.5 Å². The van der Waals surface area contributed by atoms with Gasteiger partial charge in [0.1, 0.15) is 0 Å². The molecule has 0 aromatic carbocycles. The Balaban J connectivity index is 1.40. The Morgan fingerprint density at radius 2 is 2.35 bits per heavy atom. The minimum absolute atomic E-state index is 0.131. The van der Waals surface area contributed by atoms with Gasteiger partial charge in [-0.1, -0.05) is 6.07 Å². The molecule has 1 aliphatic rings. The number of carbonyl (C=O) groups excluding carboxylic acids is 1. The van der Waals surface area contributed by atoms with Gasteiger partial charge in [0, 0.05) is 49.5 Å². The lowest BCUT2D eigenvalue weighted by Gasteiger charge is -2.32. The van der Waals surface area contributed by atoms with E-state index < -0.39 is 0 Å². The molecular weight excluding hydrogens is 308 g/mol. The number of nitrogens with one attached hydrogen (secondary N) is 2. The molecule has 2 amide bonds. The molecular formula is C17H22N4OS. The van der Waals surface area contributed by atoms with Crippen LogP contribution in [-0.4, -0.2) is 35.0 Å². The fourth-order valence-corrected chi connectivity index (χ4v) is 3.65. The number of rotatable bonds is 5. The molecule has 0 saturated carbocycles. The summed E-state index contributed by atoms with van der Waals surface area (Å²) in [5, 5.41) is 7.99. The number of thiophene rings is 1. The third-order valence-corrected chi connectivity index (χ3v) is 5.22. The highest BCUT2D eigenvalue weighted by molar-refractivity contribution is 7.10. The molecule has 6 heteroatoms. The summed E-state index contributed by atoms with van der Waals surface area (Å²) in [5.74, 6) is 0. The van der Waals surface area contributed by atoms with E-state index in [4.69, 9.17) is 0 Å². The Bertz CT molecular complexity index is 643. The molecule has 0 bridgehead atoms. The van der Waals surface area contributed by atoms with Gasteiger partial charge in [0.15, 0.2) is 0 Å². The zero-order valence-corrected chi connectivity index (χ0v) is 14.1. The van der Waals surface area contributed by atoms with Crippen molar-refractivity contribution in [3.05, 3.63) is 52.0 Å². The van der Waals surface area contributed by atoms with E-state index in [1.54, 1.807) is 12.4 Å². The predicted octanol–water partition coefficient (Wildman–Crippen LogP) is 2.39. The van der Waals surface area contributed by atoms with Crippen molar-refractivity contribution in [1.29, 1.82) is 0 Å². The molecule has 0 saturated heterocycles. The number of carbonyl (C=O) groups is 1. The second kappa shape index (κ2) is 7.57. The molecule has 2 aromatic rings. The van der Waals surface area contributed by atoms with Crippen molar-refractivity contribution in [3.63, 3.8) is 0 Å². The molecule has 0 spiro atoms. The highest BCUT2D eigenvalue weighted by Crippen LogP contribution is 2.24. The lowest BCUT2D eigenvalue weighted by Crippen LogP contribution is -2.46. The van der Waals surface area contributed by atoms with E-state index in [0.717, 1.165) is 25.1 Å². The Morgan fingerprint density at radius 3 is 3.17 bits per heavy atom. The molecule has 1 atom stereocenters. The summed E-state index contributed by atoms with van der Waals surface area (Å²) in [6.45, 7) is 5.36. The lowest BCUT2D eigenvalue weighted by molar-refractivity contribution is 0.186. The van der Waals surface area contributed by atoms with E-state index >= 15 is 0 Å². The van der Waals surface area contributed by atoms with Crippen molar-refractivity contribution in [1.82, 2.24) is 20.5 Å². The van der Waals surface area contributed by atoms with Crippen LogP contribution in [-0.2, 0) is 19.5 Å². The van der Waals surface area contributed by atoms with Gasteiger partial charge < -0.3 is 10.6 Å². The van der Waals surface area contributed by atoms with Gasteiger partial charge in [-0.2, -0.15) is 0 Å². The summed E-state index contributed by atoms with van der Waals surface area (Å²) in [5.41, 5.74) is 2.44. The Labute approximate surface area is 140 Å². The fraction of sp³-hybridized carbons (Fsp3) is 0.412. The van der Waals surface area contributed by atoms with Gasteiger partial charge in [-0.15, -0.1) is 11.3 Å². The van der Waals surface area contributed by atoms with Crippen molar-refractivity contribution in [3.8, 4) is 0 Å². The Kier molecular flexibility index (Phi) is 5.25. The Hall–Kier alpha value is -1.92. The summed E-state index contributed by atoms with van der Waals surface area (Å²) in [7, 11) is 0. The van der Waals surface area contributed by atoms with Crippen LogP contribution in [0.3, 0.4) is 0 Å². The van der Waals surface area contributed by atoms with Crippen LogP contribution in [0.2, 0.25) is 0 Å². The summed E-state index contributed by atoms with van der Waals surface area (Å²) < 4.78 is 0.